The van der Waals surface area contributed by atoms with Crippen molar-refractivity contribution in [3.8, 4) is 0 Å². The molecule has 0 saturated heterocycles. The Morgan fingerprint density at radius 1 is 0.704 bits per heavy atom. The molecule has 0 aliphatic rings. The van der Waals surface area contributed by atoms with Crippen molar-refractivity contribution in [3.63, 3.8) is 0 Å². The third-order valence-corrected chi connectivity index (χ3v) is 9.92. The highest BCUT2D eigenvalue weighted by Crippen LogP contribution is 2.42. The Morgan fingerprint density at radius 2 is 1.15 bits per heavy atom. The minimum atomic E-state index is 1.10. The van der Waals surface area contributed by atoms with E-state index < -0.39 is 0 Å². The summed E-state index contributed by atoms with van der Waals surface area (Å²) in [5.41, 5.74) is 0. The molecule has 0 saturated carbocycles. The zero-order valence-corrected chi connectivity index (χ0v) is 19.5. The van der Waals surface area contributed by atoms with E-state index in [1.54, 1.807) is 0 Å². The molecule has 2 nitrogen and oxygen atoms in total. The summed E-state index contributed by atoms with van der Waals surface area (Å²) in [6.45, 7) is 4.51. The van der Waals surface area contributed by atoms with Crippen LogP contribution in [0.1, 0.15) is 9.75 Å². The van der Waals surface area contributed by atoms with E-state index in [4.69, 9.17) is 0 Å². The van der Waals surface area contributed by atoms with Crippen LogP contribution in [0.15, 0.2) is 68.6 Å². The molecule has 0 bridgehead atoms. The van der Waals surface area contributed by atoms with Gasteiger partial charge < -0.3 is 0 Å². The fraction of sp³-hybridized carbons (Fsp3) is 0.300. The standard InChI is InChI=1S/C20H22N2S5/c1-15-19(25-11-9-23-17-5-3-7-21-13-17)20(16(2)27-15)26-12-10-24-18-6-4-8-22-14-18/h3-8,13-14H,9-12H2,1-2H3. The van der Waals surface area contributed by atoms with Crippen LogP contribution < -0.4 is 0 Å². The second-order valence-corrected chi connectivity index (χ2v) is 11.6. The van der Waals surface area contributed by atoms with Crippen LogP contribution in [0.2, 0.25) is 0 Å². The van der Waals surface area contributed by atoms with Crippen LogP contribution in [0.3, 0.4) is 0 Å². The normalized spacial score (nSPS) is 11.0. The molecular formula is C20H22N2S5. The monoisotopic (exact) mass is 450 g/mol. The highest BCUT2D eigenvalue weighted by atomic mass is 32.2. The Labute approximate surface area is 182 Å². The van der Waals surface area contributed by atoms with Gasteiger partial charge in [0.1, 0.15) is 0 Å². The Hall–Kier alpha value is -0.600. The van der Waals surface area contributed by atoms with E-state index in [0.29, 0.717) is 0 Å². The van der Waals surface area contributed by atoms with E-state index in [0.717, 1.165) is 23.0 Å². The first-order chi connectivity index (χ1) is 13.2. The topological polar surface area (TPSA) is 25.8 Å². The van der Waals surface area contributed by atoms with Crippen molar-refractivity contribution in [3.05, 3.63) is 58.8 Å². The highest BCUT2D eigenvalue weighted by molar-refractivity contribution is 8.05. The van der Waals surface area contributed by atoms with Crippen LogP contribution in [0, 0.1) is 13.8 Å². The summed E-state index contributed by atoms with van der Waals surface area (Å²) in [5.74, 6) is 4.44. The SMILES string of the molecule is Cc1sc(C)c(SCCSc2cccnc2)c1SCCSc1cccnc1. The highest BCUT2D eigenvalue weighted by Gasteiger charge is 2.14. The Bertz CT molecular complexity index is 753. The summed E-state index contributed by atoms with van der Waals surface area (Å²) in [6, 6.07) is 8.26. The van der Waals surface area contributed by atoms with Crippen molar-refractivity contribution >= 4 is 58.4 Å². The summed E-state index contributed by atoms with van der Waals surface area (Å²) in [5, 5.41) is 0. The van der Waals surface area contributed by atoms with Gasteiger partial charge in [0.2, 0.25) is 0 Å². The Morgan fingerprint density at radius 3 is 1.56 bits per heavy atom. The Kier molecular flexibility index (Phi) is 8.93. The quantitative estimate of drug-likeness (QED) is 0.245. The van der Waals surface area contributed by atoms with E-state index in [-0.39, 0.29) is 0 Å². The lowest BCUT2D eigenvalue weighted by Gasteiger charge is -2.07. The number of pyridine rings is 2. The van der Waals surface area contributed by atoms with Crippen LogP contribution in [-0.2, 0) is 0 Å². The van der Waals surface area contributed by atoms with Gasteiger partial charge in [0.15, 0.2) is 0 Å². The third-order valence-electron chi connectivity index (χ3n) is 3.62. The molecule has 3 aromatic heterocycles. The van der Waals surface area contributed by atoms with Crippen molar-refractivity contribution in [1.82, 2.24) is 9.97 Å². The molecule has 0 radical (unpaired) electrons. The molecule has 0 aromatic carbocycles. The maximum Gasteiger partial charge on any atom is 0.0403 e. The van der Waals surface area contributed by atoms with Gasteiger partial charge in [-0.15, -0.1) is 58.4 Å². The molecular weight excluding hydrogens is 429 g/mol. The van der Waals surface area contributed by atoms with Gasteiger partial charge in [0.05, 0.1) is 0 Å². The molecule has 0 aliphatic heterocycles. The van der Waals surface area contributed by atoms with Crippen molar-refractivity contribution in [2.75, 3.05) is 23.0 Å². The number of rotatable bonds is 10. The van der Waals surface area contributed by atoms with E-state index >= 15 is 0 Å². The fourth-order valence-electron chi connectivity index (χ4n) is 2.45. The average molecular weight is 451 g/mol. The Balaban J connectivity index is 1.47. The molecule has 3 aromatic rings. The summed E-state index contributed by atoms with van der Waals surface area (Å²) in [4.78, 5) is 16.7. The first-order valence-electron chi connectivity index (χ1n) is 8.65. The lowest BCUT2D eigenvalue weighted by atomic mass is 10.4. The fourth-order valence-corrected chi connectivity index (χ4v) is 8.19. The zero-order chi connectivity index (χ0) is 18.9. The van der Waals surface area contributed by atoms with Crippen LogP contribution in [-0.4, -0.2) is 33.0 Å². The van der Waals surface area contributed by atoms with Crippen LogP contribution in [0.5, 0.6) is 0 Å². The molecule has 3 heterocycles. The predicted molar refractivity (Wildman–Crippen MR) is 125 cm³/mol. The van der Waals surface area contributed by atoms with Crippen LogP contribution in [0.25, 0.3) is 0 Å². The molecule has 142 valence electrons. The van der Waals surface area contributed by atoms with E-state index in [1.165, 1.54) is 29.3 Å². The van der Waals surface area contributed by atoms with Crippen LogP contribution >= 0.6 is 58.4 Å². The van der Waals surface area contributed by atoms with E-state index in [9.17, 15) is 0 Å². The number of thioether (sulfide) groups is 4. The van der Waals surface area contributed by atoms with Crippen molar-refractivity contribution in [2.24, 2.45) is 0 Å². The van der Waals surface area contributed by atoms with Crippen molar-refractivity contribution in [1.29, 1.82) is 0 Å². The second kappa shape index (κ2) is 11.4. The van der Waals surface area contributed by atoms with E-state index in [1.807, 2.05) is 95.3 Å². The van der Waals surface area contributed by atoms with Crippen molar-refractivity contribution < 1.29 is 0 Å². The third kappa shape index (κ3) is 6.75. The molecule has 27 heavy (non-hydrogen) atoms. The number of aryl methyl sites for hydroxylation is 2. The first-order valence-corrected chi connectivity index (χ1v) is 13.4. The summed E-state index contributed by atoms with van der Waals surface area (Å²) in [7, 11) is 0. The molecule has 0 amide bonds. The molecule has 0 atom stereocenters. The molecule has 0 fully saturated rings. The van der Waals surface area contributed by atoms with Crippen molar-refractivity contribution in [2.45, 2.75) is 33.4 Å². The molecule has 0 unspecified atom stereocenters. The largest absolute Gasteiger partial charge is 0.264 e. The minimum absolute atomic E-state index is 1.10. The molecule has 0 N–H and O–H groups in total. The van der Waals surface area contributed by atoms with Gasteiger partial charge in [0.25, 0.3) is 0 Å². The number of hydrogen-bond donors (Lipinski definition) is 0. The second-order valence-electron chi connectivity index (χ2n) is 5.64. The molecule has 3 rings (SSSR count). The number of hydrogen-bond acceptors (Lipinski definition) is 7. The number of thiophene rings is 1. The van der Waals surface area contributed by atoms with Gasteiger partial charge >= 0.3 is 0 Å². The number of aromatic nitrogens is 2. The molecule has 7 heteroatoms. The van der Waals surface area contributed by atoms with Crippen LogP contribution in [0.4, 0.5) is 0 Å². The van der Waals surface area contributed by atoms with Gasteiger partial charge in [-0.3, -0.25) is 9.97 Å². The molecule has 0 aliphatic carbocycles. The summed E-state index contributed by atoms with van der Waals surface area (Å²) < 4.78 is 0. The maximum atomic E-state index is 4.18. The van der Waals surface area contributed by atoms with Gasteiger partial charge in [-0.2, -0.15) is 0 Å². The summed E-state index contributed by atoms with van der Waals surface area (Å²) in [6.07, 6.45) is 7.53. The lowest BCUT2D eigenvalue weighted by Crippen LogP contribution is -1.89. The summed E-state index contributed by atoms with van der Waals surface area (Å²) >= 11 is 9.69. The first kappa shape index (κ1) is 21.1. The van der Waals surface area contributed by atoms with Gasteiger partial charge in [-0.25, -0.2) is 0 Å². The van der Waals surface area contributed by atoms with Gasteiger partial charge in [0, 0.05) is 77.1 Å². The zero-order valence-electron chi connectivity index (χ0n) is 15.4. The lowest BCUT2D eigenvalue weighted by molar-refractivity contribution is 1.21. The maximum absolute atomic E-state index is 4.18. The average Bonchev–Trinajstić information content (AvgIpc) is 2.97. The van der Waals surface area contributed by atoms with Gasteiger partial charge in [-0.1, -0.05) is 0 Å². The molecule has 0 spiro atoms. The van der Waals surface area contributed by atoms with Gasteiger partial charge in [-0.05, 0) is 38.1 Å². The van der Waals surface area contributed by atoms with E-state index in [2.05, 4.69) is 35.9 Å². The number of nitrogens with zero attached hydrogens (tertiary/aromatic N) is 2. The predicted octanol–water partition coefficient (Wildman–Crippen LogP) is 6.92. The smallest absolute Gasteiger partial charge is 0.0403 e. The minimum Gasteiger partial charge on any atom is -0.264 e.